The number of piperidine rings is 1. The van der Waals surface area contributed by atoms with Crippen LogP contribution in [0.4, 0.5) is 0 Å². The molecule has 108 valence electrons. The molecule has 2 N–H and O–H groups in total. The molecule has 1 aromatic carbocycles. The third-order valence-electron chi connectivity index (χ3n) is 3.95. The van der Waals surface area contributed by atoms with Crippen molar-refractivity contribution in [2.75, 3.05) is 26.8 Å². The van der Waals surface area contributed by atoms with Crippen molar-refractivity contribution in [2.45, 2.75) is 19.4 Å². The van der Waals surface area contributed by atoms with Crippen LogP contribution in [0.25, 0.3) is 0 Å². The minimum Gasteiger partial charge on any atom is -0.493 e. The van der Waals surface area contributed by atoms with Crippen molar-refractivity contribution >= 4 is 5.71 Å². The van der Waals surface area contributed by atoms with Gasteiger partial charge in [0, 0.05) is 31.1 Å². The summed E-state index contributed by atoms with van der Waals surface area (Å²) in [5.41, 5.74) is 5.75. The molecule has 0 spiro atoms. The maximum absolute atomic E-state index is 5.66. The summed E-state index contributed by atoms with van der Waals surface area (Å²) in [5.74, 6) is 2.01. The second-order valence-corrected chi connectivity index (χ2v) is 5.11. The largest absolute Gasteiger partial charge is 0.493 e. The average molecular weight is 275 g/mol. The number of ether oxygens (including phenoxy) is 2. The lowest BCUT2D eigenvalue weighted by Crippen LogP contribution is -2.38. The quantitative estimate of drug-likeness (QED) is 0.878. The van der Waals surface area contributed by atoms with Gasteiger partial charge in [-0.15, -0.1) is 0 Å². The second kappa shape index (κ2) is 5.71. The van der Waals surface area contributed by atoms with Crippen LogP contribution < -0.4 is 20.2 Å². The minimum atomic E-state index is 0.225. The Morgan fingerprint density at radius 2 is 2.25 bits per heavy atom. The molecule has 0 saturated carbocycles. The lowest BCUT2D eigenvalue weighted by Gasteiger charge is -2.25. The third-order valence-corrected chi connectivity index (χ3v) is 3.95. The van der Waals surface area contributed by atoms with Gasteiger partial charge in [0.15, 0.2) is 11.5 Å². The summed E-state index contributed by atoms with van der Waals surface area (Å²) >= 11 is 0. The molecule has 1 aromatic rings. The highest BCUT2D eigenvalue weighted by molar-refractivity contribution is 5.89. The predicted molar refractivity (Wildman–Crippen MR) is 78.5 cm³/mol. The van der Waals surface area contributed by atoms with E-state index in [1.165, 1.54) is 11.3 Å². The first-order chi connectivity index (χ1) is 9.83. The monoisotopic (exact) mass is 275 g/mol. The van der Waals surface area contributed by atoms with E-state index in [4.69, 9.17) is 9.47 Å². The Morgan fingerprint density at radius 3 is 3.05 bits per heavy atom. The van der Waals surface area contributed by atoms with Gasteiger partial charge in [0.25, 0.3) is 0 Å². The van der Waals surface area contributed by atoms with E-state index in [-0.39, 0.29) is 6.04 Å². The van der Waals surface area contributed by atoms with Crippen LogP contribution in [-0.4, -0.2) is 32.5 Å². The first-order valence-electron chi connectivity index (χ1n) is 7.17. The molecule has 2 atom stereocenters. The van der Waals surface area contributed by atoms with E-state index in [0.29, 0.717) is 12.5 Å². The van der Waals surface area contributed by atoms with Crippen molar-refractivity contribution in [3.05, 3.63) is 23.8 Å². The van der Waals surface area contributed by atoms with Crippen LogP contribution in [0.3, 0.4) is 0 Å². The van der Waals surface area contributed by atoms with Crippen molar-refractivity contribution < 1.29 is 9.47 Å². The summed E-state index contributed by atoms with van der Waals surface area (Å²) in [6.07, 6.45) is 1.03. The molecule has 2 unspecified atom stereocenters. The molecule has 0 aliphatic carbocycles. The molecule has 2 aliphatic rings. The van der Waals surface area contributed by atoms with E-state index in [0.717, 1.165) is 31.0 Å². The van der Waals surface area contributed by atoms with Crippen LogP contribution in [0.2, 0.25) is 0 Å². The maximum atomic E-state index is 5.66. The van der Waals surface area contributed by atoms with Gasteiger partial charge >= 0.3 is 0 Å². The zero-order chi connectivity index (χ0) is 13.9. The van der Waals surface area contributed by atoms with E-state index in [9.17, 15) is 0 Å². The Morgan fingerprint density at radius 1 is 1.35 bits per heavy atom. The number of rotatable bonds is 4. The van der Waals surface area contributed by atoms with Gasteiger partial charge < -0.3 is 20.2 Å². The molecule has 0 radical (unpaired) electrons. The fourth-order valence-electron chi connectivity index (χ4n) is 2.93. The third kappa shape index (κ3) is 2.33. The molecule has 20 heavy (non-hydrogen) atoms. The van der Waals surface area contributed by atoms with E-state index >= 15 is 0 Å². The highest BCUT2D eigenvalue weighted by atomic mass is 16.5. The second-order valence-electron chi connectivity index (χ2n) is 5.11. The van der Waals surface area contributed by atoms with Crippen molar-refractivity contribution in [1.82, 2.24) is 10.7 Å². The topological polar surface area (TPSA) is 54.9 Å². The zero-order valence-electron chi connectivity index (χ0n) is 12.0. The smallest absolute Gasteiger partial charge is 0.161 e. The number of nitrogens with zero attached hydrogens (tertiary/aromatic N) is 1. The summed E-state index contributed by atoms with van der Waals surface area (Å²) in [5, 5.41) is 7.93. The van der Waals surface area contributed by atoms with Gasteiger partial charge in [-0.05, 0) is 24.6 Å². The Bertz CT molecular complexity index is 516. The van der Waals surface area contributed by atoms with Gasteiger partial charge in [-0.1, -0.05) is 6.07 Å². The summed E-state index contributed by atoms with van der Waals surface area (Å²) in [6.45, 7) is 4.61. The number of benzene rings is 1. The summed E-state index contributed by atoms with van der Waals surface area (Å²) in [6, 6.07) is 6.35. The highest BCUT2D eigenvalue weighted by Gasteiger charge is 2.34. The first-order valence-corrected chi connectivity index (χ1v) is 7.17. The van der Waals surface area contributed by atoms with E-state index in [1.54, 1.807) is 7.11 Å². The Kier molecular flexibility index (Phi) is 3.78. The molecule has 2 heterocycles. The standard InChI is InChI=1S/C15H21N3O2/c1-3-20-14-8-10(4-5-13(14)19-2)15-11-9-16-7-6-12(11)17-18-15/h4-5,8,11,15-16,18H,3,6-7,9H2,1-2H3. The van der Waals surface area contributed by atoms with Crippen molar-refractivity contribution in [3.8, 4) is 11.5 Å². The molecule has 0 aromatic heterocycles. The van der Waals surface area contributed by atoms with Crippen LogP contribution in [0, 0.1) is 5.92 Å². The van der Waals surface area contributed by atoms with Crippen LogP contribution in [0.5, 0.6) is 11.5 Å². The maximum Gasteiger partial charge on any atom is 0.161 e. The average Bonchev–Trinajstić information content (AvgIpc) is 2.91. The van der Waals surface area contributed by atoms with Gasteiger partial charge in [0.2, 0.25) is 0 Å². The van der Waals surface area contributed by atoms with E-state index in [1.807, 2.05) is 13.0 Å². The Labute approximate surface area is 119 Å². The molecular weight excluding hydrogens is 254 g/mol. The van der Waals surface area contributed by atoms with Crippen LogP contribution in [-0.2, 0) is 0 Å². The number of methoxy groups -OCH3 is 1. The molecule has 5 heteroatoms. The van der Waals surface area contributed by atoms with Crippen LogP contribution in [0.1, 0.15) is 24.9 Å². The van der Waals surface area contributed by atoms with Crippen LogP contribution in [0.15, 0.2) is 23.3 Å². The summed E-state index contributed by atoms with van der Waals surface area (Å²) in [7, 11) is 1.66. The molecule has 1 fully saturated rings. The van der Waals surface area contributed by atoms with E-state index in [2.05, 4.69) is 28.0 Å². The molecule has 0 amide bonds. The molecule has 5 nitrogen and oxygen atoms in total. The molecule has 3 rings (SSSR count). The van der Waals surface area contributed by atoms with Gasteiger partial charge in [-0.2, -0.15) is 5.10 Å². The van der Waals surface area contributed by atoms with Crippen molar-refractivity contribution in [3.63, 3.8) is 0 Å². The van der Waals surface area contributed by atoms with Gasteiger partial charge in [-0.3, -0.25) is 0 Å². The highest BCUT2D eigenvalue weighted by Crippen LogP contribution is 2.35. The number of fused-ring (bicyclic) bond motifs is 1. The van der Waals surface area contributed by atoms with Gasteiger partial charge in [0.05, 0.1) is 19.8 Å². The Hall–Kier alpha value is -1.75. The number of hydrazone groups is 1. The van der Waals surface area contributed by atoms with Crippen molar-refractivity contribution in [1.29, 1.82) is 0 Å². The molecule has 2 aliphatic heterocycles. The number of nitrogens with one attached hydrogen (secondary N) is 2. The Balaban J connectivity index is 1.85. The van der Waals surface area contributed by atoms with Gasteiger partial charge in [-0.25, -0.2) is 0 Å². The molecular formula is C15H21N3O2. The lowest BCUT2D eigenvalue weighted by molar-refractivity contribution is 0.309. The summed E-state index contributed by atoms with van der Waals surface area (Å²) < 4.78 is 11.0. The van der Waals surface area contributed by atoms with E-state index < -0.39 is 0 Å². The molecule has 0 bridgehead atoms. The van der Waals surface area contributed by atoms with Crippen LogP contribution >= 0.6 is 0 Å². The fraction of sp³-hybridized carbons (Fsp3) is 0.533. The minimum absolute atomic E-state index is 0.225. The SMILES string of the molecule is CCOc1cc(C2NN=C3CCNCC32)ccc1OC. The fourth-order valence-corrected chi connectivity index (χ4v) is 2.93. The molecule has 1 saturated heterocycles. The first kappa shape index (κ1) is 13.2. The number of hydrogen-bond acceptors (Lipinski definition) is 5. The van der Waals surface area contributed by atoms with Gasteiger partial charge in [0.1, 0.15) is 0 Å². The zero-order valence-corrected chi connectivity index (χ0v) is 12.0. The summed E-state index contributed by atoms with van der Waals surface area (Å²) in [4.78, 5) is 0. The number of hydrogen-bond donors (Lipinski definition) is 2. The van der Waals surface area contributed by atoms with Crippen molar-refractivity contribution in [2.24, 2.45) is 11.0 Å². The lowest BCUT2D eigenvalue weighted by atomic mass is 9.87. The normalized spacial score (nSPS) is 24.6. The predicted octanol–water partition coefficient (Wildman–Crippen LogP) is 1.70.